The lowest BCUT2D eigenvalue weighted by molar-refractivity contribution is -0.144. The Morgan fingerprint density at radius 3 is 1.56 bits per heavy atom. The number of nitrogens with zero attached hydrogens (tertiary/aromatic N) is 1. The van der Waals surface area contributed by atoms with Crippen LogP contribution in [0.4, 0.5) is 4.79 Å². The van der Waals surface area contributed by atoms with Gasteiger partial charge in [-0.3, -0.25) is 38.5 Å². The fraction of sp³-hybridized carbons (Fsp3) is 0.433. The lowest BCUT2D eigenvalue weighted by atomic mass is 9.84. The molecule has 0 saturated heterocycles. The number of carboxylic acids is 1. The first-order valence-electron chi connectivity index (χ1n) is 40.0. The van der Waals surface area contributed by atoms with E-state index >= 15 is 33.6 Å². The van der Waals surface area contributed by atoms with Crippen LogP contribution in [-0.4, -0.2) is 153 Å². The number of hydrogen-bond acceptors (Lipinski definition) is 20. The summed E-state index contributed by atoms with van der Waals surface area (Å²) in [4.78, 5) is 144. The standard InChI is InChI=1S/C90H111Cl2N7O21Si2/c1-47(2)37-63(99(12)87(109)118-88(3,4)5)83(104)98-77-79(120-122(21,22)90(9,10)11)52-29-36-67(61(92)40-52)117-70-42-53-41-69(80(70)115-18)116-66-35-28-51(39-60(66)91)78(119-121(19,20)89(6,7)8)59-45-64(100)74(50-27-34-65(113-16)57(38-50)72-58(76(86(107)108)97-81(59)102)43-56(112-15)44-68(72)114-17)95-84(105)75(53)96-82(103)62(93-85(77)106)46-71(101)94-73(48-23-30-54(110-13)31-24-48)49-25-32-55(111-14)33-26-49/h23-36,38-44,47,59,62-63,73-79H,37,45-46H2,1-22H3,(H,93,106)(H,94,101)(H,95,105)(H,96,103)(H,97,102)(H,98,104)(H,107,108)/t59-,62-,63+,74+,75+,76-,77+,78-,79+/m0/s1. The Morgan fingerprint density at radius 1 is 0.557 bits per heavy atom. The van der Waals surface area contributed by atoms with Gasteiger partial charge in [-0.05, 0) is 182 Å². The van der Waals surface area contributed by atoms with E-state index < -0.39 is 159 Å². The van der Waals surface area contributed by atoms with Gasteiger partial charge in [0.05, 0.1) is 83.3 Å². The van der Waals surface area contributed by atoms with E-state index in [1.54, 1.807) is 81.4 Å². The zero-order valence-electron chi connectivity index (χ0n) is 72.9. The molecule has 0 spiro atoms. The molecule has 11 bridgehead atoms. The van der Waals surface area contributed by atoms with Gasteiger partial charge in [-0.15, -0.1) is 0 Å². The number of nitrogens with one attached hydrogen (secondary N) is 6. The number of ether oxygens (including phenoxy) is 9. The Morgan fingerprint density at radius 2 is 1.07 bits per heavy atom. The molecule has 7 aromatic rings. The van der Waals surface area contributed by atoms with Crippen molar-refractivity contribution in [3.8, 4) is 68.6 Å². The fourth-order valence-electron chi connectivity index (χ4n) is 14.1. The van der Waals surface area contributed by atoms with Crippen molar-refractivity contribution in [1.29, 1.82) is 0 Å². The third-order valence-electron chi connectivity index (χ3n) is 22.8. The van der Waals surface area contributed by atoms with E-state index in [4.69, 9.17) is 74.7 Å². The molecule has 28 nitrogen and oxygen atoms in total. The average Bonchev–Trinajstić information content (AvgIpc) is 0.464. The van der Waals surface area contributed by atoms with Crippen molar-refractivity contribution >= 4 is 93.1 Å². The van der Waals surface area contributed by atoms with Crippen LogP contribution in [0.1, 0.15) is 171 Å². The number of carbonyl (C=O) groups is 9. The highest BCUT2D eigenvalue weighted by Gasteiger charge is 2.49. The SMILES string of the molecule is COc1ccc(C(NC(=O)C[C@@H]2NC(=O)[C@H](NC(=O)[C@@H](CC(C)C)N(C)C(=O)OC(C)(C)C)[C@H](O[Si](C)(C)C(C)(C)C)c3ccc(c(Cl)c3)Oc3cc4cc(c3OC)Oc3ccc(cc3Cl)[C@H](O[Si](C)(C)C(C)(C)C)[C@@H]3CC(=O)[C@H](NC(=O)[C@@H]4NC2=O)c2ccc(OC)c(c2)-c2c(OC)cc(OC)cc2[C@@H](C(=O)O)NC3=O)c2ccc(OC)cc2)cc1. The van der Waals surface area contributed by atoms with Crippen LogP contribution in [0, 0.1) is 11.8 Å². The molecule has 0 saturated carbocycles. The third-order valence-corrected chi connectivity index (χ3v) is 32.3. The van der Waals surface area contributed by atoms with Crippen molar-refractivity contribution in [3.05, 3.63) is 176 Å². The number of ketones is 1. The monoisotopic (exact) mass is 1750 g/mol. The van der Waals surface area contributed by atoms with Crippen molar-refractivity contribution < 1.29 is 99.7 Å². The van der Waals surface area contributed by atoms with Gasteiger partial charge in [0.15, 0.2) is 40.0 Å². The first-order valence-corrected chi connectivity index (χ1v) is 46.6. The van der Waals surface area contributed by atoms with Gasteiger partial charge >= 0.3 is 12.1 Å². The predicted molar refractivity (Wildman–Crippen MR) is 465 cm³/mol. The second-order valence-electron chi connectivity index (χ2n) is 35.0. The van der Waals surface area contributed by atoms with Crippen molar-refractivity contribution in [2.45, 2.75) is 192 Å². The minimum Gasteiger partial charge on any atom is -0.497 e. The van der Waals surface area contributed by atoms with Crippen LogP contribution < -0.4 is 69.8 Å². The highest BCUT2D eigenvalue weighted by molar-refractivity contribution is 6.74. The summed E-state index contributed by atoms with van der Waals surface area (Å²) in [7, 11) is 3.41. The van der Waals surface area contributed by atoms with Crippen molar-refractivity contribution in [2.24, 2.45) is 11.8 Å². The van der Waals surface area contributed by atoms with Crippen molar-refractivity contribution in [3.63, 3.8) is 0 Å². The molecule has 12 rings (SSSR count). The number of carbonyl (C=O) groups excluding carboxylic acids is 8. The highest BCUT2D eigenvalue weighted by Crippen LogP contribution is 2.52. The molecule has 7 aromatic carbocycles. The predicted octanol–water partition coefficient (Wildman–Crippen LogP) is 15.8. The molecular weight excluding hydrogens is 1640 g/mol. The first kappa shape index (κ1) is 93.4. The number of fused-ring (bicyclic) bond motifs is 15. The number of Topliss-reactive ketones (excluding diaryl/α,β-unsaturated/α-hetero) is 1. The second kappa shape index (κ2) is 37.8. The van der Waals surface area contributed by atoms with E-state index in [9.17, 15) is 14.7 Å². The van der Waals surface area contributed by atoms with E-state index in [-0.39, 0.29) is 107 Å². The Balaban J connectivity index is 1.27. The van der Waals surface area contributed by atoms with Gasteiger partial charge in [-0.2, -0.15) is 0 Å². The molecule has 0 aromatic heterocycles. The number of halogens is 2. The van der Waals surface area contributed by atoms with Gasteiger partial charge in [0.1, 0.15) is 76.1 Å². The van der Waals surface area contributed by atoms with Gasteiger partial charge in [0.25, 0.3) is 0 Å². The molecule has 32 heteroatoms. The van der Waals surface area contributed by atoms with Crippen LogP contribution >= 0.6 is 23.2 Å². The van der Waals surface area contributed by atoms with Crippen LogP contribution in [0.3, 0.4) is 0 Å². The summed E-state index contributed by atoms with van der Waals surface area (Å²) in [5.41, 5.74) is 0.473. The Bertz CT molecular complexity index is 5060. The summed E-state index contributed by atoms with van der Waals surface area (Å²) in [6, 6.07) is 20.7. The van der Waals surface area contributed by atoms with Gasteiger partial charge < -0.3 is 88.5 Å². The molecule has 7 N–H and O–H groups in total. The smallest absolute Gasteiger partial charge is 0.410 e. The topological polar surface area (TPSA) is 351 Å². The van der Waals surface area contributed by atoms with E-state index in [0.29, 0.717) is 22.6 Å². The molecule has 0 aliphatic carbocycles. The number of carboxylic acid groups (broad SMARTS) is 1. The van der Waals surface area contributed by atoms with Gasteiger partial charge in [-0.1, -0.05) is 121 Å². The maximum absolute atomic E-state index is 16.9. The van der Waals surface area contributed by atoms with Gasteiger partial charge in [-0.25, -0.2) is 9.59 Å². The maximum Gasteiger partial charge on any atom is 0.410 e. The Kier molecular flexibility index (Phi) is 29.0. The maximum atomic E-state index is 16.9. The molecule has 0 radical (unpaired) electrons. The van der Waals surface area contributed by atoms with E-state index in [2.05, 4.69) is 31.9 Å². The molecule has 7 amide bonds. The molecular formula is C90H111Cl2N7O21Si2. The number of amides is 7. The fourth-order valence-corrected chi connectivity index (χ4v) is 17.1. The molecule has 5 aliphatic rings. The van der Waals surface area contributed by atoms with E-state index in [0.717, 1.165) is 4.90 Å². The molecule has 5 heterocycles. The number of methoxy groups -OCH3 is 6. The minimum absolute atomic E-state index is 0.0194. The van der Waals surface area contributed by atoms with Crippen molar-refractivity contribution in [1.82, 2.24) is 36.8 Å². The summed E-state index contributed by atoms with van der Waals surface area (Å²) < 4.78 is 69.3. The quantitative estimate of drug-likeness (QED) is 0.0329. The zero-order chi connectivity index (χ0) is 89.7. The van der Waals surface area contributed by atoms with Crippen LogP contribution in [0.2, 0.25) is 46.3 Å². The minimum atomic E-state index is -3.22. The highest BCUT2D eigenvalue weighted by atomic mass is 35.5. The number of likely N-dealkylation sites (N-methyl/N-ethyl adjacent to an activating group) is 1. The third kappa shape index (κ3) is 21.2. The van der Waals surface area contributed by atoms with Crippen LogP contribution in [0.5, 0.6) is 57.5 Å². The van der Waals surface area contributed by atoms with E-state index in [1.165, 1.54) is 116 Å². The molecule has 122 heavy (non-hydrogen) atoms. The zero-order valence-corrected chi connectivity index (χ0v) is 76.4. The summed E-state index contributed by atoms with van der Waals surface area (Å²) >= 11 is 15.0. The first-order chi connectivity index (χ1) is 57.2. The Hall–Kier alpha value is -10.9. The lowest BCUT2D eigenvalue weighted by Crippen LogP contribution is -2.61. The van der Waals surface area contributed by atoms with Crippen LogP contribution in [0.15, 0.2) is 127 Å². The van der Waals surface area contributed by atoms with Gasteiger partial charge in [0, 0.05) is 36.2 Å². The van der Waals surface area contributed by atoms with E-state index in [1.807, 2.05) is 81.6 Å². The average molecular weight is 1750 g/mol. The van der Waals surface area contributed by atoms with Crippen LogP contribution in [0.25, 0.3) is 11.1 Å². The lowest BCUT2D eigenvalue weighted by Gasteiger charge is -2.42. The number of rotatable bonds is 21. The van der Waals surface area contributed by atoms with Crippen molar-refractivity contribution in [2.75, 3.05) is 49.7 Å². The molecule has 9 atom stereocenters. The summed E-state index contributed by atoms with van der Waals surface area (Å²) in [6.45, 7) is 28.2. The molecule has 0 unspecified atom stereocenters. The largest absolute Gasteiger partial charge is 0.497 e. The summed E-state index contributed by atoms with van der Waals surface area (Å²) in [6.07, 6.45) is -5.52. The summed E-state index contributed by atoms with van der Waals surface area (Å²) in [5.74, 6) is -9.99. The summed E-state index contributed by atoms with van der Waals surface area (Å²) in [5, 5.41) is 27.5. The van der Waals surface area contributed by atoms with Gasteiger partial charge in [0.2, 0.25) is 41.2 Å². The van der Waals surface area contributed by atoms with Crippen LogP contribution in [-0.2, 0) is 51.9 Å². The normalized spacial score (nSPS) is 19.3. The Labute approximate surface area is 723 Å². The molecule has 5 aliphatic heterocycles. The molecule has 654 valence electrons. The number of benzene rings is 7. The number of hydrogen-bond donors (Lipinski definition) is 7. The number of aliphatic carboxylic acids is 1. The second-order valence-corrected chi connectivity index (χ2v) is 45.3. The molecule has 0 fully saturated rings.